The number of pyridine rings is 1. The van der Waals surface area contributed by atoms with Crippen LogP contribution in [0.5, 0.6) is 0 Å². The predicted octanol–water partition coefficient (Wildman–Crippen LogP) is 4.15. The van der Waals surface area contributed by atoms with E-state index in [1.165, 1.54) is 18.0 Å². The minimum Gasteiger partial charge on any atom is -0.619 e. The number of nitrogens with one attached hydrogen (secondary N) is 2. The molecule has 2 fully saturated rings. The lowest BCUT2D eigenvalue weighted by atomic mass is 9.89. The number of hydrogen-bond donors (Lipinski definition) is 2. The van der Waals surface area contributed by atoms with Crippen molar-refractivity contribution in [2.75, 3.05) is 44.6 Å². The number of ether oxygens (including phenoxy) is 1. The van der Waals surface area contributed by atoms with E-state index in [-0.39, 0.29) is 18.4 Å². The highest BCUT2D eigenvalue weighted by atomic mass is 16.5. The predicted molar refractivity (Wildman–Crippen MR) is 181 cm³/mol. The van der Waals surface area contributed by atoms with Crippen LogP contribution in [0.2, 0.25) is 0 Å². The molecule has 48 heavy (non-hydrogen) atoms. The summed E-state index contributed by atoms with van der Waals surface area (Å²) >= 11 is 0. The Kier molecular flexibility index (Phi) is 8.83. The molecule has 0 radical (unpaired) electrons. The van der Waals surface area contributed by atoms with E-state index >= 15 is 0 Å². The number of aromatic amines is 1. The number of aromatic nitrogens is 5. The Morgan fingerprint density at radius 3 is 2.50 bits per heavy atom. The average Bonchev–Trinajstić information content (AvgIpc) is 3.74. The van der Waals surface area contributed by atoms with E-state index in [2.05, 4.69) is 49.7 Å². The fraction of sp³-hybridized carbons (Fsp3) is 0.333. The summed E-state index contributed by atoms with van der Waals surface area (Å²) in [6.07, 6.45) is 8.64. The van der Waals surface area contributed by atoms with Gasteiger partial charge < -0.3 is 20.2 Å². The number of amides is 2. The van der Waals surface area contributed by atoms with Crippen LogP contribution in [-0.2, 0) is 14.3 Å². The van der Waals surface area contributed by atoms with Gasteiger partial charge in [-0.15, -0.1) is 0 Å². The molecule has 246 valence electrons. The molecule has 2 amide bonds. The largest absolute Gasteiger partial charge is 0.619 e. The Morgan fingerprint density at radius 1 is 1.02 bits per heavy atom. The van der Waals surface area contributed by atoms with Gasteiger partial charge in [0.25, 0.3) is 5.91 Å². The molecule has 3 aromatic heterocycles. The molecular formula is C36H38N8O4. The van der Waals surface area contributed by atoms with E-state index in [0.29, 0.717) is 62.3 Å². The van der Waals surface area contributed by atoms with Crippen molar-refractivity contribution in [1.82, 2.24) is 30.0 Å². The van der Waals surface area contributed by atoms with Crippen LogP contribution in [0, 0.1) is 5.21 Å². The molecule has 2 aliphatic heterocycles. The highest BCUT2D eigenvalue weighted by Gasteiger charge is 2.46. The van der Waals surface area contributed by atoms with Crippen LogP contribution in [0.3, 0.4) is 0 Å². The number of hydrogen-bond acceptors (Lipinski definition) is 8. The van der Waals surface area contributed by atoms with Crippen LogP contribution in [0.15, 0.2) is 85.5 Å². The van der Waals surface area contributed by atoms with Gasteiger partial charge in [0.2, 0.25) is 5.91 Å². The second-order valence-electron chi connectivity index (χ2n) is 12.5. The Labute approximate surface area is 278 Å². The first-order valence-electron chi connectivity index (χ1n) is 16.4. The minimum atomic E-state index is -1.06. The van der Waals surface area contributed by atoms with Gasteiger partial charge in [-0.3, -0.25) is 19.6 Å². The molecule has 0 aliphatic carbocycles. The van der Waals surface area contributed by atoms with Gasteiger partial charge in [0.05, 0.1) is 12.1 Å². The molecule has 5 aromatic rings. The summed E-state index contributed by atoms with van der Waals surface area (Å²) < 4.78 is 6.84. The van der Waals surface area contributed by atoms with Crippen LogP contribution >= 0.6 is 0 Å². The van der Waals surface area contributed by atoms with Gasteiger partial charge in [-0.1, -0.05) is 24.3 Å². The van der Waals surface area contributed by atoms with E-state index in [0.717, 1.165) is 39.6 Å². The zero-order valence-electron chi connectivity index (χ0n) is 26.8. The maximum Gasteiger partial charge on any atom is 0.258 e. The second-order valence-corrected chi connectivity index (χ2v) is 12.5. The third kappa shape index (κ3) is 6.49. The first kappa shape index (κ1) is 31.4. The summed E-state index contributed by atoms with van der Waals surface area (Å²) in [4.78, 5) is 39.8. The van der Waals surface area contributed by atoms with Crippen LogP contribution in [-0.4, -0.2) is 86.7 Å². The van der Waals surface area contributed by atoms with Crippen molar-refractivity contribution in [2.24, 2.45) is 0 Å². The number of H-pyrrole nitrogens is 1. The Balaban J connectivity index is 0.953. The molecule has 5 heterocycles. The van der Waals surface area contributed by atoms with E-state index in [1.807, 2.05) is 41.0 Å². The number of carbonyl (C=O) groups excluding carboxylic acids is 2. The number of likely N-dealkylation sites (tertiary alicyclic amines) is 2. The summed E-state index contributed by atoms with van der Waals surface area (Å²) in [5, 5.41) is 22.8. The number of fused-ring (bicyclic) bond motifs is 1. The van der Waals surface area contributed by atoms with Crippen molar-refractivity contribution in [3.8, 4) is 22.6 Å². The van der Waals surface area contributed by atoms with E-state index < -0.39 is 5.60 Å². The average molecular weight is 647 g/mol. The maximum atomic E-state index is 13.8. The first-order valence-corrected chi connectivity index (χ1v) is 16.4. The molecule has 0 bridgehead atoms. The van der Waals surface area contributed by atoms with Gasteiger partial charge in [-0.25, -0.2) is 9.97 Å². The highest BCUT2D eigenvalue weighted by Crippen LogP contribution is 2.32. The van der Waals surface area contributed by atoms with Crippen molar-refractivity contribution in [3.05, 3.63) is 96.2 Å². The number of piperidine rings is 1. The van der Waals surface area contributed by atoms with E-state index in [4.69, 9.17) is 4.74 Å². The van der Waals surface area contributed by atoms with Crippen LogP contribution in [0.4, 0.5) is 5.69 Å². The fourth-order valence-corrected chi connectivity index (χ4v) is 6.87. The Bertz CT molecular complexity index is 1890. The molecule has 1 atom stereocenters. The SMILES string of the molecule is CCO[C@@]1(C(=O)Nc2ccc3[nH]nc(-c4cc[n+]([O-])cc4)c3c2)CCN(CC(=O)N2CCC(c3ccc(-c4ncccn4)cc3)CC2)C1. The Morgan fingerprint density at radius 2 is 1.77 bits per heavy atom. The van der Waals surface area contributed by atoms with E-state index in [1.54, 1.807) is 24.5 Å². The van der Waals surface area contributed by atoms with Crippen LogP contribution < -0.4 is 10.0 Å². The van der Waals surface area contributed by atoms with Crippen molar-refractivity contribution in [1.29, 1.82) is 0 Å². The molecular weight excluding hydrogens is 608 g/mol. The molecule has 0 spiro atoms. The van der Waals surface area contributed by atoms with Crippen LogP contribution in [0.25, 0.3) is 33.5 Å². The number of anilines is 1. The van der Waals surface area contributed by atoms with Crippen LogP contribution in [0.1, 0.15) is 37.7 Å². The van der Waals surface area contributed by atoms with Crippen molar-refractivity contribution in [2.45, 2.75) is 37.7 Å². The summed E-state index contributed by atoms with van der Waals surface area (Å²) in [6, 6.07) is 19.2. The summed E-state index contributed by atoms with van der Waals surface area (Å²) in [5.74, 6) is 0.961. The number of carbonyl (C=O) groups is 2. The fourth-order valence-electron chi connectivity index (χ4n) is 6.87. The van der Waals surface area contributed by atoms with E-state index in [9.17, 15) is 14.8 Å². The summed E-state index contributed by atoms with van der Waals surface area (Å²) in [7, 11) is 0. The van der Waals surface area contributed by atoms with Gasteiger partial charge in [0.1, 0.15) is 5.69 Å². The second kappa shape index (κ2) is 13.5. The standard InChI is InChI=1S/C36H38N8O4/c1-2-48-36(35(46)39-29-8-9-31-30(22-29)33(41-40-31)27-12-19-44(47)20-13-27)14-21-42(24-36)23-32(45)43-17-10-26(11-18-43)25-4-6-28(7-5-25)34-37-15-3-16-38-34/h3-9,12-13,15-16,19-20,22,26H,2,10-11,14,17-18,21,23-24H2,1H3,(H,39,46)(H,40,41)/t36-/m0/s1. The molecule has 2 aromatic carbocycles. The molecule has 7 rings (SSSR count). The number of benzene rings is 2. The lowest BCUT2D eigenvalue weighted by Crippen LogP contribution is -2.49. The third-order valence-corrected chi connectivity index (χ3v) is 9.45. The monoisotopic (exact) mass is 646 g/mol. The lowest BCUT2D eigenvalue weighted by Gasteiger charge is -2.33. The summed E-state index contributed by atoms with van der Waals surface area (Å²) in [6.45, 7) is 4.85. The molecule has 0 saturated carbocycles. The maximum absolute atomic E-state index is 13.8. The quantitative estimate of drug-likeness (QED) is 0.180. The third-order valence-electron chi connectivity index (χ3n) is 9.45. The van der Waals surface area contributed by atoms with Crippen molar-refractivity contribution >= 4 is 28.4 Å². The van der Waals surface area contributed by atoms with Gasteiger partial charge in [-0.2, -0.15) is 9.83 Å². The molecule has 2 aliphatic rings. The van der Waals surface area contributed by atoms with Gasteiger partial charge >= 0.3 is 0 Å². The van der Waals surface area contributed by atoms with Gasteiger partial charge in [-0.05, 0) is 61.9 Å². The topological polar surface area (TPSA) is 143 Å². The summed E-state index contributed by atoms with van der Waals surface area (Å²) in [5.41, 5.74) is 4.10. The van der Waals surface area contributed by atoms with Gasteiger partial charge in [0, 0.05) is 79.5 Å². The lowest BCUT2D eigenvalue weighted by molar-refractivity contribution is -0.605. The zero-order chi connectivity index (χ0) is 33.1. The molecule has 12 heteroatoms. The van der Waals surface area contributed by atoms with Gasteiger partial charge in [0.15, 0.2) is 23.8 Å². The highest BCUT2D eigenvalue weighted by molar-refractivity contribution is 6.01. The number of nitrogens with zero attached hydrogens (tertiary/aromatic N) is 6. The zero-order valence-corrected chi connectivity index (χ0v) is 26.8. The molecule has 2 saturated heterocycles. The first-order chi connectivity index (χ1) is 23.4. The minimum absolute atomic E-state index is 0.0825. The normalized spacial score (nSPS) is 18.7. The smallest absolute Gasteiger partial charge is 0.258 e. The van der Waals surface area contributed by atoms with Crippen molar-refractivity contribution in [3.63, 3.8) is 0 Å². The number of rotatable bonds is 9. The van der Waals surface area contributed by atoms with Crippen molar-refractivity contribution < 1.29 is 19.1 Å². The Hall–Kier alpha value is -5.20. The molecule has 0 unspecified atom stereocenters. The molecule has 12 nitrogen and oxygen atoms in total. The molecule has 2 N–H and O–H groups in total.